The van der Waals surface area contributed by atoms with Crippen molar-refractivity contribution in [1.82, 2.24) is 14.9 Å². The average molecular weight is 415 g/mol. The van der Waals surface area contributed by atoms with Gasteiger partial charge in [0.05, 0.1) is 19.0 Å². The maximum atomic E-state index is 12.4. The van der Waals surface area contributed by atoms with E-state index in [-0.39, 0.29) is 11.2 Å². The highest BCUT2D eigenvalue weighted by molar-refractivity contribution is 7.89. The highest BCUT2D eigenvalue weighted by Gasteiger charge is 2.44. The van der Waals surface area contributed by atoms with Gasteiger partial charge in [-0.1, -0.05) is 23.7 Å². The fourth-order valence-corrected chi connectivity index (χ4v) is 4.78. The largest absolute Gasteiger partial charge is 0.379 e. The summed E-state index contributed by atoms with van der Waals surface area (Å²) in [5.74, 6) is 0.646. The standard InChI is InChI=1S/C18H27ClN4O3S/c1-20-17(21-7-12-27(24,25)23-8-10-26-11-9-23)22-14-18(5-6-18)15-3-2-4-16(19)13-15/h2-4,13H,5-12,14H2,1H3,(H2,20,21,22). The third kappa shape index (κ3) is 5.34. The molecular formula is C18H27ClN4O3S. The summed E-state index contributed by atoms with van der Waals surface area (Å²) in [5, 5.41) is 7.17. The lowest BCUT2D eigenvalue weighted by Crippen LogP contribution is -2.46. The predicted molar refractivity (Wildman–Crippen MR) is 108 cm³/mol. The van der Waals surface area contributed by atoms with Gasteiger partial charge in [-0.2, -0.15) is 4.31 Å². The molecule has 3 rings (SSSR count). The number of halogens is 1. The number of nitrogens with zero attached hydrogens (tertiary/aromatic N) is 2. The van der Waals surface area contributed by atoms with Crippen LogP contribution in [0.1, 0.15) is 18.4 Å². The van der Waals surface area contributed by atoms with Crippen LogP contribution in [-0.2, 0) is 20.2 Å². The first-order valence-electron chi connectivity index (χ1n) is 9.21. The summed E-state index contributed by atoms with van der Waals surface area (Å²) in [7, 11) is -1.59. The second kappa shape index (κ2) is 8.77. The molecule has 0 radical (unpaired) electrons. The Balaban J connectivity index is 1.47. The SMILES string of the molecule is CN=C(NCCS(=O)(=O)N1CCOCC1)NCC1(c2cccc(Cl)c2)CC1. The van der Waals surface area contributed by atoms with Gasteiger partial charge in [0.25, 0.3) is 0 Å². The van der Waals surface area contributed by atoms with E-state index in [4.69, 9.17) is 16.3 Å². The van der Waals surface area contributed by atoms with Crippen molar-refractivity contribution in [3.63, 3.8) is 0 Å². The predicted octanol–water partition coefficient (Wildman–Crippen LogP) is 1.20. The molecular weight excluding hydrogens is 388 g/mol. The molecule has 1 aromatic carbocycles. The Morgan fingerprint density at radius 1 is 1.30 bits per heavy atom. The Morgan fingerprint density at radius 2 is 2.04 bits per heavy atom. The molecule has 2 N–H and O–H groups in total. The molecule has 1 aromatic rings. The Morgan fingerprint density at radius 3 is 2.67 bits per heavy atom. The van der Waals surface area contributed by atoms with Crippen LogP contribution in [0.15, 0.2) is 29.3 Å². The molecule has 1 aliphatic carbocycles. The second-order valence-electron chi connectivity index (χ2n) is 6.97. The van der Waals surface area contributed by atoms with Gasteiger partial charge in [-0.05, 0) is 30.5 Å². The van der Waals surface area contributed by atoms with Crippen molar-refractivity contribution in [1.29, 1.82) is 0 Å². The smallest absolute Gasteiger partial charge is 0.215 e. The maximum absolute atomic E-state index is 12.4. The molecule has 1 saturated carbocycles. The van der Waals surface area contributed by atoms with E-state index in [1.807, 2.05) is 18.2 Å². The molecule has 27 heavy (non-hydrogen) atoms. The fourth-order valence-electron chi connectivity index (χ4n) is 3.26. The van der Waals surface area contributed by atoms with E-state index < -0.39 is 10.0 Å². The zero-order valence-corrected chi connectivity index (χ0v) is 17.2. The van der Waals surface area contributed by atoms with Crippen LogP contribution in [0.5, 0.6) is 0 Å². The zero-order valence-electron chi connectivity index (χ0n) is 15.6. The lowest BCUT2D eigenvalue weighted by Gasteiger charge is -2.26. The molecule has 0 spiro atoms. The van der Waals surface area contributed by atoms with Gasteiger partial charge in [0, 0.05) is 43.7 Å². The number of benzene rings is 1. The van der Waals surface area contributed by atoms with E-state index in [9.17, 15) is 8.42 Å². The highest BCUT2D eigenvalue weighted by Crippen LogP contribution is 2.48. The summed E-state index contributed by atoms with van der Waals surface area (Å²) in [6.07, 6.45) is 2.20. The molecule has 1 saturated heterocycles. The van der Waals surface area contributed by atoms with E-state index >= 15 is 0 Å². The molecule has 0 unspecified atom stereocenters. The van der Waals surface area contributed by atoms with Crippen LogP contribution in [0.3, 0.4) is 0 Å². The summed E-state index contributed by atoms with van der Waals surface area (Å²) < 4.78 is 31.4. The summed E-state index contributed by atoms with van der Waals surface area (Å²) in [6.45, 7) is 2.82. The fraction of sp³-hybridized carbons (Fsp3) is 0.611. The third-order valence-corrected chi connectivity index (χ3v) is 7.23. The second-order valence-corrected chi connectivity index (χ2v) is 9.50. The van der Waals surface area contributed by atoms with E-state index in [0.29, 0.717) is 38.8 Å². The van der Waals surface area contributed by atoms with E-state index in [1.165, 1.54) is 9.87 Å². The van der Waals surface area contributed by atoms with Gasteiger partial charge in [0.15, 0.2) is 5.96 Å². The normalized spacial score (nSPS) is 20.3. The van der Waals surface area contributed by atoms with Gasteiger partial charge in [0.2, 0.25) is 10.0 Å². The summed E-state index contributed by atoms with van der Waals surface area (Å²) in [4.78, 5) is 4.20. The summed E-state index contributed by atoms with van der Waals surface area (Å²) in [5.41, 5.74) is 1.32. The zero-order chi connectivity index (χ0) is 19.3. The molecule has 0 aromatic heterocycles. The summed E-state index contributed by atoms with van der Waals surface area (Å²) >= 11 is 6.12. The Labute approximate surface area is 166 Å². The number of ether oxygens (including phenoxy) is 1. The lowest BCUT2D eigenvalue weighted by atomic mass is 9.96. The molecule has 0 amide bonds. The Hall–Kier alpha value is -1.35. The summed E-state index contributed by atoms with van der Waals surface area (Å²) in [6, 6.07) is 7.97. The van der Waals surface area contributed by atoms with Crippen LogP contribution in [0.2, 0.25) is 5.02 Å². The molecule has 0 bridgehead atoms. The first-order valence-corrected chi connectivity index (χ1v) is 11.2. The van der Waals surface area contributed by atoms with Gasteiger partial charge in [0.1, 0.15) is 0 Å². The number of aliphatic imine (C=N–C) groups is 1. The van der Waals surface area contributed by atoms with Crippen LogP contribution in [0.4, 0.5) is 0 Å². The van der Waals surface area contributed by atoms with Gasteiger partial charge < -0.3 is 15.4 Å². The molecule has 1 heterocycles. The van der Waals surface area contributed by atoms with Crippen molar-refractivity contribution < 1.29 is 13.2 Å². The number of guanidine groups is 1. The number of rotatable bonds is 7. The van der Waals surface area contributed by atoms with Gasteiger partial charge in [-0.3, -0.25) is 4.99 Å². The Kier molecular flexibility index (Phi) is 6.62. The third-order valence-electron chi connectivity index (χ3n) is 5.12. The molecule has 1 aliphatic heterocycles. The van der Waals surface area contributed by atoms with E-state index in [1.54, 1.807) is 7.05 Å². The van der Waals surface area contributed by atoms with Crippen LogP contribution in [0.25, 0.3) is 0 Å². The molecule has 150 valence electrons. The van der Waals surface area contributed by atoms with E-state index in [0.717, 1.165) is 24.4 Å². The minimum Gasteiger partial charge on any atom is -0.379 e. The maximum Gasteiger partial charge on any atom is 0.215 e. The minimum atomic E-state index is -3.27. The molecule has 2 aliphatic rings. The van der Waals surface area contributed by atoms with Crippen LogP contribution < -0.4 is 10.6 Å². The van der Waals surface area contributed by atoms with Crippen molar-refractivity contribution in [2.75, 3.05) is 52.2 Å². The number of hydrogen-bond donors (Lipinski definition) is 2. The van der Waals surface area contributed by atoms with Gasteiger partial charge in [-0.15, -0.1) is 0 Å². The number of morpholine rings is 1. The van der Waals surface area contributed by atoms with Crippen molar-refractivity contribution in [2.24, 2.45) is 4.99 Å². The molecule has 9 heteroatoms. The van der Waals surface area contributed by atoms with Crippen molar-refractivity contribution in [2.45, 2.75) is 18.3 Å². The Bertz CT molecular complexity index is 775. The van der Waals surface area contributed by atoms with Gasteiger partial charge in [-0.25, -0.2) is 8.42 Å². The molecule has 0 atom stereocenters. The van der Waals surface area contributed by atoms with Crippen LogP contribution in [0, 0.1) is 0 Å². The van der Waals surface area contributed by atoms with Crippen molar-refractivity contribution in [3.8, 4) is 0 Å². The number of nitrogens with one attached hydrogen (secondary N) is 2. The average Bonchev–Trinajstić information content (AvgIpc) is 3.46. The molecule has 2 fully saturated rings. The van der Waals surface area contributed by atoms with Crippen LogP contribution >= 0.6 is 11.6 Å². The van der Waals surface area contributed by atoms with Crippen molar-refractivity contribution in [3.05, 3.63) is 34.9 Å². The van der Waals surface area contributed by atoms with Crippen LogP contribution in [-0.4, -0.2) is 70.9 Å². The molecule has 7 nitrogen and oxygen atoms in total. The van der Waals surface area contributed by atoms with E-state index in [2.05, 4.69) is 21.7 Å². The number of hydrogen-bond acceptors (Lipinski definition) is 4. The first kappa shape index (κ1) is 20.4. The minimum absolute atomic E-state index is 0.0349. The highest BCUT2D eigenvalue weighted by atomic mass is 35.5. The lowest BCUT2D eigenvalue weighted by molar-refractivity contribution is 0.0730. The number of sulfonamides is 1. The van der Waals surface area contributed by atoms with Crippen molar-refractivity contribution >= 4 is 27.6 Å². The topological polar surface area (TPSA) is 83.0 Å². The quantitative estimate of drug-likeness (QED) is 0.517. The first-order chi connectivity index (χ1) is 13.0. The monoisotopic (exact) mass is 414 g/mol. The van der Waals surface area contributed by atoms with Gasteiger partial charge >= 0.3 is 0 Å².